The highest BCUT2D eigenvalue weighted by Crippen LogP contribution is 2.28. The lowest BCUT2D eigenvalue weighted by molar-refractivity contribution is -0.135. The molecule has 0 N–H and O–H groups in total. The van der Waals surface area contributed by atoms with Gasteiger partial charge in [-0.25, -0.2) is 4.98 Å². The molecule has 4 rings (SSSR count). The van der Waals surface area contributed by atoms with Gasteiger partial charge in [-0.05, 0) is 44.2 Å². The molecule has 1 aromatic heterocycles. The van der Waals surface area contributed by atoms with Crippen molar-refractivity contribution in [2.75, 3.05) is 31.1 Å². The van der Waals surface area contributed by atoms with Gasteiger partial charge in [0.2, 0.25) is 11.9 Å². The van der Waals surface area contributed by atoms with Gasteiger partial charge in [-0.1, -0.05) is 19.1 Å². The molecule has 5 heteroatoms. The highest BCUT2D eigenvalue weighted by atomic mass is 16.2. The average Bonchev–Trinajstić information content (AvgIpc) is 3.30. The number of hydrogen-bond acceptors (Lipinski definition) is 3. The topological polar surface area (TPSA) is 41.4 Å². The van der Waals surface area contributed by atoms with Crippen molar-refractivity contribution in [3.8, 4) is 0 Å². The third kappa shape index (κ3) is 3.12. The van der Waals surface area contributed by atoms with Crippen LogP contribution in [0.3, 0.4) is 0 Å². The fourth-order valence-corrected chi connectivity index (χ4v) is 4.27. The van der Waals surface area contributed by atoms with E-state index in [2.05, 4.69) is 45.6 Å². The first-order chi connectivity index (χ1) is 12.3. The van der Waals surface area contributed by atoms with Crippen molar-refractivity contribution >= 4 is 22.9 Å². The Morgan fingerprint density at radius 1 is 1.12 bits per heavy atom. The number of piperidine rings is 1. The SMILES string of the molecule is CCCn1c(N2CCC(C(=O)N3CCCC3)CC2)nc2ccccc21. The molecule has 1 aromatic carbocycles. The molecule has 0 radical (unpaired) electrons. The molecule has 0 aliphatic carbocycles. The fourth-order valence-electron chi connectivity index (χ4n) is 4.27. The van der Waals surface area contributed by atoms with Gasteiger partial charge in [-0.2, -0.15) is 0 Å². The van der Waals surface area contributed by atoms with Gasteiger partial charge >= 0.3 is 0 Å². The minimum atomic E-state index is 0.207. The maximum Gasteiger partial charge on any atom is 0.225 e. The number of carbonyl (C=O) groups is 1. The molecule has 1 amide bonds. The number of hydrogen-bond donors (Lipinski definition) is 0. The van der Waals surface area contributed by atoms with Gasteiger partial charge < -0.3 is 14.4 Å². The molecule has 3 heterocycles. The second kappa shape index (κ2) is 7.06. The summed E-state index contributed by atoms with van der Waals surface area (Å²) in [7, 11) is 0. The Bertz CT molecular complexity index is 739. The van der Waals surface area contributed by atoms with Gasteiger partial charge in [0.1, 0.15) is 0 Å². The highest BCUT2D eigenvalue weighted by molar-refractivity contribution is 5.80. The molecule has 2 aromatic rings. The first-order valence-corrected chi connectivity index (χ1v) is 9.77. The van der Waals surface area contributed by atoms with E-state index in [1.165, 1.54) is 18.4 Å². The Kier molecular flexibility index (Phi) is 4.64. The van der Waals surface area contributed by atoms with Crippen LogP contribution in [0.1, 0.15) is 39.0 Å². The molecule has 0 unspecified atom stereocenters. The van der Waals surface area contributed by atoms with Gasteiger partial charge in [-0.15, -0.1) is 0 Å². The number of aromatic nitrogens is 2. The van der Waals surface area contributed by atoms with Crippen molar-refractivity contribution in [3.05, 3.63) is 24.3 Å². The average molecular weight is 340 g/mol. The van der Waals surface area contributed by atoms with E-state index >= 15 is 0 Å². The predicted octanol–water partition coefficient (Wildman–Crippen LogP) is 3.29. The van der Waals surface area contributed by atoms with E-state index in [1.807, 2.05) is 0 Å². The van der Waals surface area contributed by atoms with Crippen LogP contribution in [0.5, 0.6) is 0 Å². The van der Waals surface area contributed by atoms with Crippen LogP contribution in [0, 0.1) is 5.92 Å². The van der Waals surface area contributed by atoms with Crippen LogP contribution in [0.25, 0.3) is 11.0 Å². The maximum atomic E-state index is 12.6. The largest absolute Gasteiger partial charge is 0.342 e. The van der Waals surface area contributed by atoms with Crippen molar-refractivity contribution in [1.82, 2.24) is 14.5 Å². The quantitative estimate of drug-likeness (QED) is 0.858. The molecule has 0 bridgehead atoms. The van der Waals surface area contributed by atoms with E-state index in [0.717, 1.165) is 63.5 Å². The molecular formula is C20H28N4O. The van der Waals surface area contributed by atoms with Crippen LogP contribution in [-0.2, 0) is 11.3 Å². The van der Waals surface area contributed by atoms with Crippen molar-refractivity contribution in [1.29, 1.82) is 0 Å². The van der Waals surface area contributed by atoms with Crippen LogP contribution in [0.4, 0.5) is 5.95 Å². The van der Waals surface area contributed by atoms with Crippen LogP contribution in [-0.4, -0.2) is 46.5 Å². The van der Waals surface area contributed by atoms with Crippen LogP contribution >= 0.6 is 0 Å². The third-order valence-electron chi connectivity index (χ3n) is 5.63. The number of aryl methyl sites for hydroxylation is 1. The summed E-state index contributed by atoms with van der Waals surface area (Å²) in [5, 5.41) is 0. The van der Waals surface area contributed by atoms with E-state index in [0.29, 0.717) is 5.91 Å². The second-order valence-corrected chi connectivity index (χ2v) is 7.35. The van der Waals surface area contributed by atoms with E-state index in [-0.39, 0.29) is 5.92 Å². The van der Waals surface area contributed by atoms with Crippen molar-refractivity contribution in [2.24, 2.45) is 5.92 Å². The first kappa shape index (κ1) is 16.4. The van der Waals surface area contributed by atoms with Crippen molar-refractivity contribution in [2.45, 2.75) is 45.6 Å². The molecule has 0 atom stereocenters. The maximum absolute atomic E-state index is 12.6. The van der Waals surface area contributed by atoms with Gasteiger partial charge in [0, 0.05) is 38.6 Å². The molecule has 2 saturated heterocycles. The normalized spacial score (nSPS) is 19.1. The molecule has 5 nitrogen and oxygen atoms in total. The summed E-state index contributed by atoms with van der Waals surface area (Å²) in [5.41, 5.74) is 2.29. The second-order valence-electron chi connectivity index (χ2n) is 7.35. The van der Waals surface area contributed by atoms with Crippen molar-refractivity contribution < 1.29 is 4.79 Å². The number of benzene rings is 1. The van der Waals surface area contributed by atoms with Crippen LogP contribution in [0.2, 0.25) is 0 Å². The summed E-state index contributed by atoms with van der Waals surface area (Å²) in [6, 6.07) is 8.39. The zero-order valence-electron chi connectivity index (χ0n) is 15.2. The number of fused-ring (bicyclic) bond motifs is 1. The van der Waals surface area contributed by atoms with Crippen LogP contribution in [0.15, 0.2) is 24.3 Å². The van der Waals surface area contributed by atoms with E-state index in [9.17, 15) is 4.79 Å². The lowest BCUT2D eigenvalue weighted by Gasteiger charge is -2.34. The number of rotatable bonds is 4. The summed E-state index contributed by atoms with van der Waals surface area (Å²) in [6.07, 6.45) is 5.34. The van der Waals surface area contributed by atoms with E-state index in [1.54, 1.807) is 0 Å². The number of para-hydroxylation sites is 2. The number of likely N-dealkylation sites (tertiary alicyclic amines) is 1. The molecule has 25 heavy (non-hydrogen) atoms. The first-order valence-electron chi connectivity index (χ1n) is 9.77. The van der Waals surface area contributed by atoms with Crippen LogP contribution < -0.4 is 4.90 Å². The Hall–Kier alpha value is -2.04. The Balaban J connectivity index is 1.49. The van der Waals surface area contributed by atoms with E-state index < -0.39 is 0 Å². The third-order valence-corrected chi connectivity index (χ3v) is 5.63. The zero-order chi connectivity index (χ0) is 17.2. The van der Waals surface area contributed by atoms with Gasteiger partial charge in [0.25, 0.3) is 0 Å². The lowest BCUT2D eigenvalue weighted by atomic mass is 9.95. The molecule has 2 aliphatic rings. The number of carbonyl (C=O) groups excluding carboxylic acids is 1. The van der Waals surface area contributed by atoms with Gasteiger partial charge in [0.15, 0.2) is 0 Å². The Labute approximate surface area is 149 Å². The summed E-state index contributed by atoms with van der Waals surface area (Å²) < 4.78 is 2.35. The monoisotopic (exact) mass is 340 g/mol. The number of imidazole rings is 1. The molecule has 134 valence electrons. The minimum Gasteiger partial charge on any atom is -0.342 e. The Morgan fingerprint density at radius 2 is 1.84 bits per heavy atom. The number of anilines is 1. The molecule has 2 aliphatic heterocycles. The molecule has 0 saturated carbocycles. The zero-order valence-corrected chi connectivity index (χ0v) is 15.2. The number of amides is 1. The summed E-state index contributed by atoms with van der Waals surface area (Å²) in [5.74, 6) is 1.67. The number of nitrogens with zero attached hydrogens (tertiary/aromatic N) is 4. The minimum absolute atomic E-state index is 0.207. The lowest BCUT2D eigenvalue weighted by Crippen LogP contribution is -2.42. The summed E-state index contributed by atoms with van der Waals surface area (Å²) >= 11 is 0. The van der Waals surface area contributed by atoms with E-state index in [4.69, 9.17) is 4.98 Å². The predicted molar refractivity (Wildman–Crippen MR) is 101 cm³/mol. The molecule has 2 fully saturated rings. The summed E-state index contributed by atoms with van der Waals surface area (Å²) in [4.78, 5) is 22.0. The molecule has 0 spiro atoms. The fraction of sp³-hybridized carbons (Fsp3) is 0.600. The smallest absolute Gasteiger partial charge is 0.225 e. The van der Waals surface area contributed by atoms with Crippen molar-refractivity contribution in [3.63, 3.8) is 0 Å². The highest BCUT2D eigenvalue weighted by Gasteiger charge is 2.31. The Morgan fingerprint density at radius 3 is 2.56 bits per heavy atom. The van der Waals surface area contributed by atoms with Gasteiger partial charge in [-0.3, -0.25) is 4.79 Å². The molecular weight excluding hydrogens is 312 g/mol. The standard InChI is InChI=1S/C20H28N4O/c1-2-11-24-18-8-4-3-7-17(18)21-20(24)23-14-9-16(10-15-23)19(25)22-12-5-6-13-22/h3-4,7-8,16H,2,5-6,9-15H2,1H3. The van der Waals surface area contributed by atoms with Gasteiger partial charge in [0.05, 0.1) is 11.0 Å². The summed E-state index contributed by atoms with van der Waals surface area (Å²) in [6.45, 7) is 6.98.